The van der Waals surface area contributed by atoms with Gasteiger partial charge in [-0.3, -0.25) is 4.79 Å². The van der Waals surface area contributed by atoms with E-state index in [0.717, 1.165) is 0 Å². The van der Waals surface area contributed by atoms with Crippen LogP contribution in [0.4, 0.5) is 0 Å². The largest absolute Gasteiger partial charge is 0.496 e. The zero-order valence-electron chi connectivity index (χ0n) is 10.0. The van der Waals surface area contributed by atoms with E-state index >= 15 is 0 Å². The third-order valence-electron chi connectivity index (χ3n) is 2.29. The Morgan fingerprint density at radius 2 is 2.28 bits per heavy atom. The molecule has 6 heteroatoms. The molecule has 4 nitrogen and oxygen atoms in total. The normalized spacial score (nSPS) is 9.89. The van der Waals surface area contributed by atoms with Crippen LogP contribution in [0.3, 0.4) is 0 Å². The van der Waals surface area contributed by atoms with Crippen LogP contribution < -0.4 is 15.8 Å². The van der Waals surface area contributed by atoms with Gasteiger partial charge in [0, 0.05) is 11.6 Å². The molecule has 0 spiro atoms. The van der Waals surface area contributed by atoms with Crippen molar-refractivity contribution in [1.82, 2.24) is 5.32 Å². The van der Waals surface area contributed by atoms with Gasteiger partial charge in [0.1, 0.15) is 5.75 Å². The molecule has 0 atom stereocenters. The second kappa shape index (κ2) is 7.18. The van der Waals surface area contributed by atoms with Crippen LogP contribution in [0.5, 0.6) is 5.75 Å². The summed E-state index contributed by atoms with van der Waals surface area (Å²) in [7, 11) is 1.51. The van der Waals surface area contributed by atoms with Crippen molar-refractivity contribution in [3.05, 3.63) is 28.8 Å². The molecule has 3 N–H and O–H groups in total. The summed E-state index contributed by atoms with van der Waals surface area (Å²) >= 11 is 10.6. The molecule has 18 heavy (non-hydrogen) atoms. The quantitative estimate of drug-likeness (QED) is 0.621. The molecule has 0 heterocycles. The van der Waals surface area contributed by atoms with Crippen LogP contribution in [-0.4, -0.2) is 24.6 Å². The lowest BCUT2D eigenvalue weighted by molar-refractivity contribution is 0.0950. The summed E-state index contributed by atoms with van der Waals surface area (Å²) in [6.45, 7) is 0.506. The van der Waals surface area contributed by atoms with Gasteiger partial charge >= 0.3 is 0 Å². The van der Waals surface area contributed by atoms with Crippen molar-refractivity contribution in [3.63, 3.8) is 0 Å². The lowest BCUT2D eigenvalue weighted by Gasteiger charge is -2.09. The third kappa shape index (κ3) is 4.50. The van der Waals surface area contributed by atoms with E-state index in [2.05, 4.69) is 5.32 Å². The highest BCUT2D eigenvalue weighted by atomic mass is 35.5. The van der Waals surface area contributed by atoms with E-state index < -0.39 is 0 Å². The fourth-order valence-corrected chi connectivity index (χ4v) is 1.73. The Bertz CT molecular complexity index is 452. The van der Waals surface area contributed by atoms with Crippen LogP contribution in [0, 0.1) is 0 Å². The standard InChI is InChI=1S/C12H15ClN2O2S/c1-17-10-5-4-8(13)7-9(10)12(16)15-6-2-3-11(14)18/h4-5,7H,2-3,6H2,1H3,(H2,14,18)(H,15,16). The minimum atomic E-state index is -0.225. The molecule has 1 aromatic rings. The predicted octanol–water partition coefficient (Wildman–Crippen LogP) is 2.14. The van der Waals surface area contributed by atoms with Crippen LogP contribution in [-0.2, 0) is 0 Å². The molecule has 1 aromatic carbocycles. The highest BCUT2D eigenvalue weighted by Gasteiger charge is 2.12. The number of ether oxygens (including phenoxy) is 1. The first-order valence-corrected chi connectivity index (χ1v) is 6.23. The number of thiocarbonyl (C=S) groups is 1. The molecule has 1 amide bonds. The summed E-state index contributed by atoms with van der Waals surface area (Å²) < 4.78 is 5.11. The van der Waals surface area contributed by atoms with Gasteiger partial charge in [-0.25, -0.2) is 0 Å². The number of hydrogen-bond donors (Lipinski definition) is 2. The average molecular weight is 287 g/mol. The molecule has 0 bridgehead atoms. The van der Waals surface area contributed by atoms with Crippen LogP contribution in [0.1, 0.15) is 23.2 Å². The number of methoxy groups -OCH3 is 1. The second-order valence-corrected chi connectivity index (χ2v) is 4.63. The lowest BCUT2D eigenvalue weighted by Crippen LogP contribution is -2.25. The maximum absolute atomic E-state index is 11.9. The Labute approximate surface area is 116 Å². The molecule has 0 saturated carbocycles. The summed E-state index contributed by atoms with van der Waals surface area (Å²) in [4.78, 5) is 12.4. The van der Waals surface area contributed by atoms with E-state index in [1.54, 1.807) is 18.2 Å². The van der Waals surface area contributed by atoms with E-state index in [1.807, 2.05) is 0 Å². The predicted molar refractivity (Wildman–Crippen MR) is 76.4 cm³/mol. The highest BCUT2D eigenvalue weighted by molar-refractivity contribution is 7.80. The van der Waals surface area contributed by atoms with Gasteiger partial charge in [-0.2, -0.15) is 0 Å². The molecule has 0 unspecified atom stereocenters. The maximum atomic E-state index is 11.9. The summed E-state index contributed by atoms with van der Waals surface area (Å²) in [5.41, 5.74) is 5.78. The van der Waals surface area contributed by atoms with Crippen molar-refractivity contribution in [1.29, 1.82) is 0 Å². The molecule has 0 saturated heterocycles. The molecular formula is C12H15ClN2O2S. The van der Waals surface area contributed by atoms with Gasteiger partial charge in [0.15, 0.2) is 0 Å². The number of rotatable bonds is 6. The topological polar surface area (TPSA) is 64.3 Å². The van der Waals surface area contributed by atoms with Crippen LogP contribution >= 0.6 is 23.8 Å². The van der Waals surface area contributed by atoms with E-state index in [-0.39, 0.29) is 5.91 Å². The highest BCUT2D eigenvalue weighted by Crippen LogP contribution is 2.22. The van der Waals surface area contributed by atoms with Crippen molar-refractivity contribution in [2.45, 2.75) is 12.8 Å². The Morgan fingerprint density at radius 1 is 1.56 bits per heavy atom. The van der Waals surface area contributed by atoms with E-state index in [1.165, 1.54) is 7.11 Å². The smallest absolute Gasteiger partial charge is 0.255 e. The summed E-state index contributed by atoms with van der Waals surface area (Å²) in [6.07, 6.45) is 1.33. The maximum Gasteiger partial charge on any atom is 0.255 e. The van der Waals surface area contributed by atoms with E-state index in [0.29, 0.717) is 40.7 Å². The number of nitrogens with two attached hydrogens (primary N) is 1. The molecular weight excluding hydrogens is 272 g/mol. The monoisotopic (exact) mass is 286 g/mol. The Hall–Kier alpha value is -1.33. The lowest BCUT2D eigenvalue weighted by atomic mass is 10.2. The molecule has 0 aliphatic heterocycles. The molecule has 1 rings (SSSR count). The van der Waals surface area contributed by atoms with Crippen molar-refractivity contribution in [3.8, 4) is 5.75 Å². The SMILES string of the molecule is COc1ccc(Cl)cc1C(=O)NCCCC(N)=S. The Balaban J connectivity index is 2.60. The summed E-state index contributed by atoms with van der Waals surface area (Å²) in [5.74, 6) is 0.267. The van der Waals surface area contributed by atoms with Crippen LogP contribution in [0.2, 0.25) is 5.02 Å². The van der Waals surface area contributed by atoms with Crippen molar-refractivity contribution < 1.29 is 9.53 Å². The number of carbonyl (C=O) groups is 1. The van der Waals surface area contributed by atoms with Gasteiger partial charge < -0.3 is 15.8 Å². The van der Waals surface area contributed by atoms with Crippen LogP contribution in [0.15, 0.2) is 18.2 Å². The van der Waals surface area contributed by atoms with Gasteiger partial charge in [-0.1, -0.05) is 23.8 Å². The number of nitrogens with one attached hydrogen (secondary N) is 1. The van der Waals surface area contributed by atoms with Gasteiger partial charge in [0.25, 0.3) is 5.91 Å². The Morgan fingerprint density at radius 3 is 2.89 bits per heavy atom. The average Bonchev–Trinajstić information content (AvgIpc) is 2.34. The minimum absolute atomic E-state index is 0.225. The molecule has 0 aliphatic rings. The molecule has 98 valence electrons. The zero-order valence-corrected chi connectivity index (χ0v) is 11.6. The first kappa shape index (κ1) is 14.7. The zero-order chi connectivity index (χ0) is 13.5. The second-order valence-electron chi connectivity index (χ2n) is 3.67. The first-order valence-electron chi connectivity index (χ1n) is 5.44. The molecule has 0 aromatic heterocycles. The number of carbonyl (C=O) groups excluding carboxylic acids is 1. The van der Waals surface area contributed by atoms with Gasteiger partial charge in [-0.15, -0.1) is 0 Å². The van der Waals surface area contributed by atoms with Crippen molar-refractivity contribution in [2.24, 2.45) is 5.73 Å². The number of amides is 1. The fraction of sp³-hybridized carbons (Fsp3) is 0.333. The van der Waals surface area contributed by atoms with Crippen molar-refractivity contribution in [2.75, 3.05) is 13.7 Å². The van der Waals surface area contributed by atoms with Crippen LogP contribution in [0.25, 0.3) is 0 Å². The Kier molecular flexibility index (Phi) is 5.88. The van der Waals surface area contributed by atoms with E-state index in [4.69, 9.17) is 34.3 Å². The summed E-state index contributed by atoms with van der Waals surface area (Å²) in [6, 6.07) is 4.90. The van der Waals surface area contributed by atoms with Gasteiger partial charge in [0.2, 0.25) is 0 Å². The number of hydrogen-bond acceptors (Lipinski definition) is 3. The molecule has 0 aliphatic carbocycles. The number of halogens is 1. The first-order chi connectivity index (χ1) is 8.54. The van der Waals surface area contributed by atoms with E-state index in [9.17, 15) is 4.79 Å². The minimum Gasteiger partial charge on any atom is -0.496 e. The molecule has 0 fully saturated rings. The van der Waals surface area contributed by atoms with Crippen molar-refractivity contribution >= 4 is 34.7 Å². The third-order valence-corrected chi connectivity index (χ3v) is 2.73. The number of benzene rings is 1. The van der Waals surface area contributed by atoms with Gasteiger partial charge in [0.05, 0.1) is 17.7 Å². The summed E-state index contributed by atoms with van der Waals surface area (Å²) in [5, 5.41) is 3.25. The fourth-order valence-electron chi connectivity index (χ4n) is 1.42. The molecule has 0 radical (unpaired) electrons. The van der Waals surface area contributed by atoms with Gasteiger partial charge in [-0.05, 0) is 31.0 Å².